The third-order valence-electron chi connectivity index (χ3n) is 3.80. The molecule has 0 saturated heterocycles. The first-order valence-corrected chi connectivity index (χ1v) is 10.1. The van der Waals surface area contributed by atoms with Crippen molar-refractivity contribution < 1.29 is 8.42 Å². The maximum absolute atomic E-state index is 12.2. The summed E-state index contributed by atoms with van der Waals surface area (Å²) in [6.45, 7) is 0. The van der Waals surface area contributed by atoms with Crippen LogP contribution in [0.15, 0.2) is 79.0 Å². The molecule has 0 atom stereocenters. The van der Waals surface area contributed by atoms with Crippen LogP contribution in [-0.4, -0.2) is 19.2 Å². The Morgan fingerprint density at radius 3 is 2.15 bits per heavy atom. The Labute approximate surface area is 154 Å². The van der Waals surface area contributed by atoms with Crippen molar-refractivity contribution in [2.24, 2.45) is 0 Å². The molecule has 0 unspecified atom stereocenters. The summed E-state index contributed by atoms with van der Waals surface area (Å²) in [7, 11) is -3.39. The predicted molar refractivity (Wildman–Crippen MR) is 106 cm³/mol. The highest BCUT2D eigenvalue weighted by molar-refractivity contribution is 7.92. The number of sulfonamides is 1. The van der Waals surface area contributed by atoms with Crippen molar-refractivity contribution in [1.29, 1.82) is 0 Å². The molecule has 26 heavy (non-hydrogen) atoms. The summed E-state index contributed by atoms with van der Waals surface area (Å²) in [5, 5.41) is 3.16. The Morgan fingerprint density at radius 1 is 0.808 bits per heavy atom. The van der Waals surface area contributed by atoms with Gasteiger partial charge in [0.05, 0.1) is 17.6 Å². The topological polar surface area (TPSA) is 71.1 Å². The van der Waals surface area contributed by atoms with Crippen LogP contribution < -0.4 is 10.0 Å². The zero-order valence-electron chi connectivity index (χ0n) is 14.3. The second kappa shape index (κ2) is 8.49. The van der Waals surface area contributed by atoms with Crippen LogP contribution in [0.5, 0.6) is 0 Å². The van der Waals surface area contributed by atoms with Crippen LogP contribution in [0.1, 0.15) is 12.0 Å². The van der Waals surface area contributed by atoms with E-state index in [-0.39, 0.29) is 5.75 Å². The lowest BCUT2D eigenvalue weighted by molar-refractivity contribution is 0.598. The molecular weight excluding hydrogens is 346 g/mol. The number of nitrogens with zero attached hydrogens (tertiary/aromatic N) is 1. The zero-order chi connectivity index (χ0) is 18.2. The molecule has 0 amide bonds. The van der Waals surface area contributed by atoms with Crippen molar-refractivity contribution in [3.05, 3.63) is 84.6 Å². The number of hydrogen-bond acceptors (Lipinski definition) is 4. The highest BCUT2D eigenvalue weighted by atomic mass is 32.2. The molecule has 0 bridgehead atoms. The first-order chi connectivity index (χ1) is 12.6. The molecule has 134 valence electrons. The highest BCUT2D eigenvalue weighted by Crippen LogP contribution is 2.16. The zero-order valence-corrected chi connectivity index (χ0v) is 15.1. The third kappa shape index (κ3) is 5.60. The van der Waals surface area contributed by atoms with Gasteiger partial charge >= 0.3 is 0 Å². The monoisotopic (exact) mass is 367 g/mol. The van der Waals surface area contributed by atoms with Gasteiger partial charge in [0.2, 0.25) is 10.0 Å². The standard InChI is InChI=1S/C20H21N3O2S/c24-26(25,15-7-10-17-8-3-1-4-9-17)23-19-13-14-20(21-16-19)22-18-11-5-2-6-12-18/h1-6,8-9,11-14,16,23H,7,10,15H2,(H,21,22). The smallest absolute Gasteiger partial charge is 0.232 e. The van der Waals surface area contributed by atoms with Crippen LogP contribution in [0.4, 0.5) is 17.2 Å². The van der Waals surface area contributed by atoms with Crippen molar-refractivity contribution in [3.8, 4) is 0 Å². The molecule has 0 aliphatic rings. The number of hydrogen-bond donors (Lipinski definition) is 2. The quantitative estimate of drug-likeness (QED) is 0.626. The van der Waals surface area contributed by atoms with Gasteiger partial charge in [0.25, 0.3) is 0 Å². The minimum atomic E-state index is -3.39. The second-order valence-electron chi connectivity index (χ2n) is 5.93. The van der Waals surface area contributed by atoms with E-state index in [4.69, 9.17) is 0 Å². The van der Waals surface area contributed by atoms with Gasteiger partial charge in [-0.15, -0.1) is 0 Å². The second-order valence-corrected chi connectivity index (χ2v) is 7.78. The molecule has 3 aromatic rings. The summed E-state index contributed by atoms with van der Waals surface area (Å²) in [6, 6.07) is 23.0. The van der Waals surface area contributed by atoms with E-state index in [0.29, 0.717) is 17.9 Å². The fourth-order valence-electron chi connectivity index (χ4n) is 2.54. The van der Waals surface area contributed by atoms with E-state index in [1.54, 1.807) is 12.1 Å². The minimum absolute atomic E-state index is 0.0753. The molecule has 0 aliphatic carbocycles. The van der Waals surface area contributed by atoms with E-state index in [9.17, 15) is 8.42 Å². The number of benzene rings is 2. The van der Waals surface area contributed by atoms with E-state index < -0.39 is 10.0 Å². The number of pyridine rings is 1. The highest BCUT2D eigenvalue weighted by Gasteiger charge is 2.10. The maximum Gasteiger partial charge on any atom is 0.232 e. The van der Waals surface area contributed by atoms with Crippen molar-refractivity contribution in [1.82, 2.24) is 4.98 Å². The average Bonchev–Trinajstić information content (AvgIpc) is 2.65. The normalized spacial score (nSPS) is 11.1. The van der Waals surface area contributed by atoms with Crippen molar-refractivity contribution in [2.45, 2.75) is 12.8 Å². The Hall–Kier alpha value is -2.86. The Bertz CT molecular complexity index is 912. The number of anilines is 3. The Morgan fingerprint density at radius 2 is 1.50 bits per heavy atom. The molecule has 1 heterocycles. The lowest BCUT2D eigenvalue weighted by Crippen LogP contribution is -2.17. The van der Waals surface area contributed by atoms with Gasteiger partial charge in [-0.05, 0) is 42.7 Å². The molecule has 0 saturated carbocycles. The fraction of sp³-hybridized carbons (Fsp3) is 0.150. The average molecular weight is 367 g/mol. The van der Waals surface area contributed by atoms with Crippen LogP contribution in [0.2, 0.25) is 0 Å². The van der Waals surface area contributed by atoms with E-state index >= 15 is 0 Å². The van der Waals surface area contributed by atoms with Gasteiger partial charge < -0.3 is 5.32 Å². The molecule has 2 aromatic carbocycles. The number of para-hydroxylation sites is 1. The van der Waals surface area contributed by atoms with Gasteiger partial charge in [0, 0.05) is 5.69 Å². The third-order valence-corrected chi connectivity index (χ3v) is 5.18. The van der Waals surface area contributed by atoms with E-state index in [2.05, 4.69) is 15.0 Å². The SMILES string of the molecule is O=S(=O)(CCCc1ccccc1)Nc1ccc(Nc2ccccc2)nc1. The molecule has 0 fully saturated rings. The minimum Gasteiger partial charge on any atom is -0.340 e. The lowest BCUT2D eigenvalue weighted by atomic mass is 10.1. The van der Waals surface area contributed by atoms with Crippen LogP contribution in [0.25, 0.3) is 0 Å². The lowest BCUT2D eigenvalue weighted by Gasteiger charge is -2.09. The fourth-order valence-corrected chi connectivity index (χ4v) is 3.65. The molecule has 0 radical (unpaired) electrons. The number of aryl methyl sites for hydroxylation is 1. The van der Waals surface area contributed by atoms with Gasteiger partial charge in [-0.2, -0.15) is 0 Å². The van der Waals surface area contributed by atoms with Crippen molar-refractivity contribution in [2.75, 3.05) is 15.8 Å². The summed E-state index contributed by atoms with van der Waals surface area (Å²) in [5.41, 5.74) is 2.53. The molecule has 5 nitrogen and oxygen atoms in total. The molecule has 0 aliphatic heterocycles. The van der Waals surface area contributed by atoms with Crippen LogP contribution in [0.3, 0.4) is 0 Å². The summed E-state index contributed by atoms with van der Waals surface area (Å²) in [4.78, 5) is 4.25. The van der Waals surface area contributed by atoms with Crippen LogP contribution in [0, 0.1) is 0 Å². The van der Waals surface area contributed by atoms with Crippen LogP contribution in [-0.2, 0) is 16.4 Å². The van der Waals surface area contributed by atoms with Gasteiger partial charge in [-0.1, -0.05) is 48.5 Å². The largest absolute Gasteiger partial charge is 0.340 e. The molecule has 3 rings (SSSR count). The Kier molecular flexibility index (Phi) is 5.86. The van der Waals surface area contributed by atoms with Crippen molar-refractivity contribution in [3.63, 3.8) is 0 Å². The van der Waals surface area contributed by atoms with Gasteiger partial charge in [0.15, 0.2) is 0 Å². The summed E-state index contributed by atoms with van der Waals surface area (Å²) in [6.07, 6.45) is 2.82. The predicted octanol–water partition coefficient (Wildman–Crippen LogP) is 4.20. The van der Waals surface area contributed by atoms with E-state index in [1.165, 1.54) is 6.20 Å². The molecule has 6 heteroatoms. The van der Waals surface area contributed by atoms with Gasteiger partial charge in [-0.25, -0.2) is 13.4 Å². The first-order valence-electron chi connectivity index (χ1n) is 8.43. The van der Waals surface area contributed by atoms with Crippen molar-refractivity contribution >= 4 is 27.2 Å². The molecule has 1 aromatic heterocycles. The summed E-state index contributed by atoms with van der Waals surface area (Å²) >= 11 is 0. The van der Waals surface area contributed by atoms with Gasteiger partial charge in [-0.3, -0.25) is 4.72 Å². The van der Waals surface area contributed by atoms with Gasteiger partial charge in [0.1, 0.15) is 5.82 Å². The summed E-state index contributed by atoms with van der Waals surface area (Å²) in [5.74, 6) is 0.731. The molecular formula is C20H21N3O2S. The number of aromatic nitrogens is 1. The van der Waals surface area contributed by atoms with Crippen LogP contribution >= 0.6 is 0 Å². The molecule has 0 spiro atoms. The summed E-state index contributed by atoms with van der Waals surface area (Å²) < 4.78 is 27.0. The number of nitrogens with one attached hydrogen (secondary N) is 2. The maximum atomic E-state index is 12.2. The Balaban J connectivity index is 1.52. The first kappa shape index (κ1) is 17.9. The van der Waals surface area contributed by atoms with E-state index in [1.807, 2.05) is 60.7 Å². The molecule has 2 N–H and O–H groups in total. The number of rotatable bonds is 8. The van der Waals surface area contributed by atoms with E-state index in [0.717, 1.165) is 17.7 Å².